The van der Waals surface area contributed by atoms with Crippen LogP contribution in [0.25, 0.3) is 11.3 Å². The molecule has 3 rings (SSSR count). The second-order valence-electron chi connectivity index (χ2n) is 8.85. The van der Waals surface area contributed by atoms with E-state index in [9.17, 15) is 9.59 Å². The zero-order valence-electron chi connectivity index (χ0n) is 19.5. The summed E-state index contributed by atoms with van der Waals surface area (Å²) in [6, 6.07) is 7.66. The number of H-pyrrole nitrogens is 1. The normalized spacial score (nSPS) is 16.0. The van der Waals surface area contributed by atoms with Gasteiger partial charge in [0, 0.05) is 17.9 Å². The number of carbonyl (C=O) groups is 2. The molecule has 1 atom stereocenters. The number of ketones is 1. The molecular formula is C25H36N4O3. The first-order valence-electron chi connectivity index (χ1n) is 11.6. The zero-order valence-corrected chi connectivity index (χ0v) is 19.5. The quantitative estimate of drug-likeness (QED) is 0.513. The molecule has 7 heteroatoms. The van der Waals surface area contributed by atoms with E-state index in [0.29, 0.717) is 6.42 Å². The van der Waals surface area contributed by atoms with Gasteiger partial charge in [0.05, 0.1) is 25.0 Å². The van der Waals surface area contributed by atoms with E-state index < -0.39 is 0 Å². The van der Waals surface area contributed by atoms with Crippen LogP contribution < -0.4 is 10.1 Å². The summed E-state index contributed by atoms with van der Waals surface area (Å²) in [5, 5.41) is 3.26. The number of nitrogens with zero attached hydrogens (tertiary/aromatic N) is 2. The van der Waals surface area contributed by atoms with E-state index in [1.807, 2.05) is 30.5 Å². The number of Topliss-reactive ketones (excluding diaryl/α,β-unsaturated/α-hetero) is 1. The molecule has 0 radical (unpaired) electrons. The fourth-order valence-electron chi connectivity index (χ4n) is 4.19. The molecule has 0 bridgehead atoms. The standard InChI is InChI=1S/C25H36N4O3/c1-18(30)8-5-4-6-11-22(28-25(31)19-12-14-29(2)15-13-19)24-26-17-23(27-24)20-9-7-10-21(16-20)32-3/h7,9-10,16-17,19,22H,4-6,8,11-15H2,1-3H3,(H,26,27)(H,28,31). The minimum Gasteiger partial charge on any atom is -0.497 e. The van der Waals surface area contributed by atoms with Crippen LogP contribution in [0, 0.1) is 5.92 Å². The summed E-state index contributed by atoms with van der Waals surface area (Å²) in [5.41, 5.74) is 1.89. The Balaban J connectivity index is 1.69. The molecule has 1 aliphatic rings. The molecule has 1 aromatic carbocycles. The molecule has 0 saturated carbocycles. The van der Waals surface area contributed by atoms with Crippen molar-refractivity contribution in [2.24, 2.45) is 5.92 Å². The maximum atomic E-state index is 13.0. The second kappa shape index (κ2) is 11.8. The van der Waals surface area contributed by atoms with Crippen LogP contribution in [0.15, 0.2) is 30.5 Å². The first kappa shape index (κ1) is 24.0. The molecule has 1 unspecified atom stereocenters. The van der Waals surface area contributed by atoms with Gasteiger partial charge < -0.3 is 24.7 Å². The van der Waals surface area contributed by atoms with Gasteiger partial charge in [0.15, 0.2) is 0 Å². The van der Waals surface area contributed by atoms with E-state index in [-0.39, 0.29) is 23.7 Å². The maximum absolute atomic E-state index is 13.0. The Kier molecular flexibility index (Phi) is 8.85. The monoisotopic (exact) mass is 440 g/mol. The zero-order chi connectivity index (χ0) is 22.9. The second-order valence-corrected chi connectivity index (χ2v) is 8.85. The van der Waals surface area contributed by atoms with Crippen molar-refractivity contribution in [3.8, 4) is 17.0 Å². The number of carbonyl (C=O) groups excluding carboxylic acids is 2. The molecular weight excluding hydrogens is 404 g/mol. The van der Waals surface area contributed by atoms with Gasteiger partial charge in [0.1, 0.15) is 17.4 Å². The predicted molar refractivity (Wildman–Crippen MR) is 125 cm³/mol. The summed E-state index contributed by atoms with van der Waals surface area (Å²) in [5.74, 6) is 1.96. The van der Waals surface area contributed by atoms with E-state index in [4.69, 9.17) is 4.74 Å². The fourth-order valence-corrected chi connectivity index (χ4v) is 4.19. The van der Waals surface area contributed by atoms with Crippen LogP contribution in [0.5, 0.6) is 5.75 Å². The lowest BCUT2D eigenvalue weighted by Crippen LogP contribution is -2.40. The Morgan fingerprint density at radius 3 is 2.75 bits per heavy atom. The lowest BCUT2D eigenvalue weighted by molar-refractivity contribution is -0.127. The number of aromatic amines is 1. The van der Waals surface area contributed by atoms with E-state index in [1.54, 1.807) is 14.0 Å². The van der Waals surface area contributed by atoms with Crippen LogP contribution in [0.1, 0.15) is 63.7 Å². The summed E-state index contributed by atoms with van der Waals surface area (Å²) >= 11 is 0. The number of rotatable bonds is 11. The van der Waals surface area contributed by atoms with E-state index in [1.165, 1.54) is 0 Å². The van der Waals surface area contributed by atoms with Gasteiger partial charge in [0.25, 0.3) is 0 Å². The molecule has 1 saturated heterocycles. The Hall–Kier alpha value is -2.67. The molecule has 2 heterocycles. The number of methoxy groups -OCH3 is 1. The summed E-state index contributed by atoms with van der Waals surface area (Å²) in [4.78, 5) is 34.5. The number of amides is 1. The number of imidazole rings is 1. The number of likely N-dealkylation sites (tertiary alicyclic amines) is 1. The van der Waals surface area contributed by atoms with Crippen molar-refractivity contribution in [3.05, 3.63) is 36.3 Å². The van der Waals surface area contributed by atoms with E-state index in [0.717, 1.165) is 74.4 Å². The van der Waals surface area contributed by atoms with Gasteiger partial charge in [-0.05, 0) is 64.9 Å². The van der Waals surface area contributed by atoms with Crippen molar-refractivity contribution in [1.82, 2.24) is 20.2 Å². The summed E-state index contributed by atoms with van der Waals surface area (Å²) in [7, 11) is 3.75. The molecule has 1 amide bonds. The predicted octanol–water partition coefficient (Wildman–Crippen LogP) is 4.12. The number of piperidine rings is 1. The molecule has 0 spiro atoms. The maximum Gasteiger partial charge on any atom is 0.223 e. The van der Waals surface area contributed by atoms with Crippen molar-refractivity contribution in [2.75, 3.05) is 27.2 Å². The molecule has 2 aromatic rings. The number of aromatic nitrogens is 2. The first-order chi connectivity index (χ1) is 15.5. The Morgan fingerprint density at radius 1 is 1.25 bits per heavy atom. The summed E-state index contributed by atoms with van der Waals surface area (Å²) in [6.07, 6.45) is 7.79. The highest BCUT2D eigenvalue weighted by Gasteiger charge is 2.26. The molecule has 1 aliphatic heterocycles. The largest absolute Gasteiger partial charge is 0.497 e. The van der Waals surface area contributed by atoms with Crippen LogP contribution >= 0.6 is 0 Å². The van der Waals surface area contributed by atoms with Gasteiger partial charge in [-0.25, -0.2) is 4.98 Å². The molecule has 32 heavy (non-hydrogen) atoms. The highest BCUT2D eigenvalue weighted by molar-refractivity contribution is 5.79. The lowest BCUT2D eigenvalue weighted by atomic mass is 9.95. The van der Waals surface area contributed by atoms with Gasteiger partial charge in [-0.15, -0.1) is 0 Å². The fraction of sp³-hybridized carbons (Fsp3) is 0.560. The minimum absolute atomic E-state index is 0.0548. The third-order valence-corrected chi connectivity index (χ3v) is 6.23. The average molecular weight is 441 g/mol. The topological polar surface area (TPSA) is 87.3 Å². The Labute approximate surface area is 190 Å². The molecule has 7 nitrogen and oxygen atoms in total. The number of unbranched alkanes of at least 4 members (excludes halogenated alkanes) is 2. The number of ether oxygens (including phenoxy) is 1. The van der Waals surface area contributed by atoms with Crippen molar-refractivity contribution < 1.29 is 14.3 Å². The van der Waals surface area contributed by atoms with Crippen LogP contribution in [-0.2, 0) is 9.59 Å². The number of benzene rings is 1. The lowest BCUT2D eigenvalue weighted by Gasteiger charge is -2.29. The average Bonchev–Trinajstić information content (AvgIpc) is 3.28. The summed E-state index contributed by atoms with van der Waals surface area (Å²) < 4.78 is 5.33. The minimum atomic E-state index is -0.168. The Morgan fingerprint density at radius 2 is 2.03 bits per heavy atom. The Bertz CT molecular complexity index is 887. The van der Waals surface area contributed by atoms with Crippen molar-refractivity contribution in [2.45, 2.75) is 57.9 Å². The third kappa shape index (κ3) is 6.92. The number of hydrogen-bond donors (Lipinski definition) is 2. The van der Waals surface area contributed by atoms with Crippen LogP contribution in [0.4, 0.5) is 0 Å². The van der Waals surface area contributed by atoms with Crippen molar-refractivity contribution in [3.63, 3.8) is 0 Å². The van der Waals surface area contributed by atoms with Gasteiger partial charge in [-0.1, -0.05) is 25.0 Å². The number of hydrogen-bond acceptors (Lipinski definition) is 5. The molecule has 2 N–H and O–H groups in total. The van der Waals surface area contributed by atoms with E-state index in [2.05, 4.69) is 27.2 Å². The van der Waals surface area contributed by atoms with Gasteiger partial charge in [-0.2, -0.15) is 0 Å². The molecule has 0 aliphatic carbocycles. The SMILES string of the molecule is COc1cccc(-c2cnc(C(CCCCCC(C)=O)NC(=O)C3CCN(C)CC3)[nH]2)c1. The van der Waals surface area contributed by atoms with Crippen LogP contribution in [0.3, 0.4) is 0 Å². The van der Waals surface area contributed by atoms with Crippen LogP contribution in [-0.4, -0.2) is 53.8 Å². The first-order valence-corrected chi connectivity index (χ1v) is 11.6. The third-order valence-electron chi connectivity index (χ3n) is 6.23. The van der Waals surface area contributed by atoms with Crippen molar-refractivity contribution in [1.29, 1.82) is 0 Å². The van der Waals surface area contributed by atoms with Gasteiger partial charge in [0.2, 0.25) is 5.91 Å². The molecule has 1 fully saturated rings. The molecule has 174 valence electrons. The molecule has 1 aromatic heterocycles. The number of nitrogens with one attached hydrogen (secondary N) is 2. The van der Waals surface area contributed by atoms with Gasteiger partial charge in [-0.3, -0.25) is 4.79 Å². The summed E-state index contributed by atoms with van der Waals surface area (Å²) in [6.45, 7) is 3.54. The van der Waals surface area contributed by atoms with E-state index >= 15 is 0 Å². The highest BCUT2D eigenvalue weighted by Crippen LogP contribution is 2.26. The van der Waals surface area contributed by atoms with Gasteiger partial charge >= 0.3 is 0 Å². The highest BCUT2D eigenvalue weighted by atomic mass is 16.5. The van der Waals surface area contributed by atoms with Crippen molar-refractivity contribution >= 4 is 11.7 Å². The van der Waals surface area contributed by atoms with Crippen LogP contribution in [0.2, 0.25) is 0 Å². The smallest absolute Gasteiger partial charge is 0.223 e.